The molecule has 198 valence electrons. The van der Waals surface area contributed by atoms with E-state index in [2.05, 4.69) is 31.4 Å². The SMILES string of the molecule is CCC(C)(C)CC(CNC)NC(=O)N1CCCC(C(OCCN(C)C(=O)O)c2cccc(F)c2)C1. The first-order valence-electron chi connectivity index (χ1n) is 12.6. The van der Waals surface area contributed by atoms with E-state index in [9.17, 15) is 14.0 Å². The summed E-state index contributed by atoms with van der Waals surface area (Å²) in [7, 11) is 3.37. The zero-order chi connectivity index (χ0) is 26.0. The van der Waals surface area contributed by atoms with Gasteiger partial charge in [-0.25, -0.2) is 14.0 Å². The first kappa shape index (κ1) is 28.8. The summed E-state index contributed by atoms with van der Waals surface area (Å²) in [6.07, 6.45) is 2.09. The van der Waals surface area contributed by atoms with E-state index in [0.29, 0.717) is 25.2 Å². The second-order valence-electron chi connectivity index (χ2n) is 10.3. The average Bonchev–Trinajstić information content (AvgIpc) is 2.81. The molecule has 0 aliphatic carbocycles. The lowest BCUT2D eigenvalue weighted by molar-refractivity contribution is -0.0157. The normalized spacial score (nSPS) is 18.1. The molecule has 0 spiro atoms. The Balaban J connectivity index is 2.11. The molecule has 0 aromatic heterocycles. The van der Waals surface area contributed by atoms with E-state index >= 15 is 0 Å². The summed E-state index contributed by atoms with van der Waals surface area (Å²) in [4.78, 5) is 27.3. The topological polar surface area (TPSA) is 94.1 Å². The number of hydrogen-bond donors (Lipinski definition) is 3. The highest BCUT2D eigenvalue weighted by Crippen LogP contribution is 2.33. The van der Waals surface area contributed by atoms with Crippen molar-refractivity contribution in [2.45, 2.75) is 58.6 Å². The molecule has 3 unspecified atom stereocenters. The van der Waals surface area contributed by atoms with E-state index in [0.717, 1.165) is 30.6 Å². The molecule has 2 rings (SSSR count). The number of benzene rings is 1. The number of urea groups is 1. The lowest BCUT2D eigenvalue weighted by atomic mass is 9.83. The van der Waals surface area contributed by atoms with Crippen molar-refractivity contribution >= 4 is 12.1 Å². The number of piperidine rings is 1. The maximum absolute atomic E-state index is 14.0. The molecule has 3 amide bonds. The minimum absolute atomic E-state index is 0.0182. The van der Waals surface area contributed by atoms with Crippen LogP contribution in [-0.2, 0) is 4.74 Å². The first-order chi connectivity index (χ1) is 16.6. The van der Waals surface area contributed by atoms with Crippen molar-refractivity contribution in [3.8, 4) is 0 Å². The summed E-state index contributed by atoms with van der Waals surface area (Å²) in [6, 6.07) is 6.24. The molecular formula is C26H43FN4O4. The van der Waals surface area contributed by atoms with Crippen LogP contribution in [0.3, 0.4) is 0 Å². The second-order valence-corrected chi connectivity index (χ2v) is 10.3. The number of carbonyl (C=O) groups excluding carboxylic acids is 1. The van der Waals surface area contributed by atoms with Gasteiger partial charge in [-0.3, -0.25) is 0 Å². The number of hydrogen-bond acceptors (Lipinski definition) is 4. The van der Waals surface area contributed by atoms with Crippen molar-refractivity contribution in [2.24, 2.45) is 11.3 Å². The zero-order valence-corrected chi connectivity index (χ0v) is 21.8. The Bertz CT molecular complexity index is 822. The maximum Gasteiger partial charge on any atom is 0.407 e. The lowest BCUT2D eigenvalue weighted by Crippen LogP contribution is -2.52. The van der Waals surface area contributed by atoms with Crippen LogP contribution in [0.15, 0.2) is 24.3 Å². The number of nitrogens with zero attached hydrogens (tertiary/aromatic N) is 2. The molecule has 1 aliphatic rings. The van der Waals surface area contributed by atoms with Crippen LogP contribution in [0, 0.1) is 17.2 Å². The molecule has 35 heavy (non-hydrogen) atoms. The highest BCUT2D eigenvalue weighted by molar-refractivity contribution is 5.74. The largest absolute Gasteiger partial charge is 0.465 e. The number of rotatable bonds is 12. The monoisotopic (exact) mass is 494 g/mol. The van der Waals surface area contributed by atoms with Gasteiger partial charge in [0.15, 0.2) is 0 Å². The summed E-state index contributed by atoms with van der Waals surface area (Å²) < 4.78 is 20.1. The highest BCUT2D eigenvalue weighted by atomic mass is 19.1. The van der Waals surface area contributed by atoms with Crippen LogP contribution in [-0.4, -0.2) is 80.0 Å². The van der Waals surface area contributed by atoms with Gasteiger partial charge in [0, 0.05) is 45.2 Å². The van der Waals surface area contributed by atoms with Gasteiger partial charge in [-0.05, 0) is 49.4 Å². The number of halogens is 1. The van der Waals surface area contributed by atoms with E-state index in [1.807, 2.05) is 18.0 Å². The van der Waals surface area contributed by atoms with Crippen LogP contribution in [0.4, 0.5) is 14.0 Å². The smallest absolute Gasteiger partial charge is 0.407 e. The summed E-state index contributed by atoms with van der Waals surface area (Å²) in [5, 5.41) is 15.5. The summed E-state index contributed by atoms with van der Waals surface area (Å²) in [5.74, 6) is -0.376. The van der Waals surface area contributed by atoms with Gasteiger partial charge in [0.25, 0.3) is 0 Å². The number of likely N-dealkylation sites (tertiary alicyclic amines) is 1. The average molecular weight is 495 g/mol. The third kappa shape index (κ3) is 9.29. The van der Waals surface area contributed by atoms with Crippen LogP contribution < -0.4 is 10.6 Å². The Kier molecular flexibility index (Phi) is 11.2. The van der Waals surface area contributed by atoms with Crippen molar-refractivity contribution < 1.29 is 23.8 Å². The third-order valence-electron chi connectivity index (χ3n) is 6.94. The van der Waals surface area contributed by atoms with Crippen LogP contribution in [0.25, 0.3) is 0 Å². The molecule has 1 aromatic carbocycles. The molecule has 0 saturated carbocycles. The van der Waals surface area contributed by atoms with Crippen molar-refractivity contribution in [2.75, 3.05) is 46.9 Å². The molecule has 0 radical (unpaired) electrons. The standard InChI is InChI=1S/C26H43FN4O4/c1-6-26(2,3)16-22(17-28-4)29-24(32)31-12-8-10-20(18-31)23(19-9-7-11-21(27)15-19)35-14-13-30(5)25(33)34/h7,9,11,15,20,22-23,28H,6,8,10,12-14,16-18H2,1-5H3,(H,29,32)(H,33,34). The number of nitrogens with one attached hydrogen (secondary N) is 2. The molecule has 1 saturated heterocycles. The lowest BCUT2D eigenvalue weighted by Gasteiger charge is -2.38. The van der Waals surface area contributed by atoms with Crippen molar-refractivity contribution in [3.63, 3.8) is 0 Å². The number of carbonyl (C=O) groups is 2. The number of amides is 3. The van der Waals surface area contributed by atoms with Crippen molar-refractivity contribution in [3.05, 3.63) is 35.6 Å². The fourth-order valence-electron chi connectivity index (χ4n) is 4.54. The van der Waals surface area contributed by atoms with Gasteiger partial charge in [0.05, 0.1) is 12.7 Å². The highest BCUT2D eigenvalue weighted by Gasteiger charge is 2.32. The minimum atomic E-state index is -1.03. The molecule has 0 bridgehead atoms. The Labute approximate surface area is 209 Å². The van der Waals surface area contributed by atoms with E-state index in [1.54, 1.807) is 6.07 Å². The van der Waals surface area contributed by atoms with Crippen molar-refractivity contribution in [1.82, 2.24) is 20.4 Å². The van der Waals surface area contributed by atoms with E-state index in [1.165, 1.54) is 19.2 Å². The Hall–Kier alpha value is -2.39. The fourth-order valence-corrected chi connectivity index (χ4v) is 4.54. The van der Waals surface area contributed by atoms with Crippen molar-refractivity contribution in [1.29, 1.82) is 0 Å². The third-order valence-corrected chi connectivity index (χ3v) is 6.94. The molecule has 3 atom stereocenters. The second kappa shape index (κ2) is 13.6. The quantitative estimate of drug-likeness (QED) is 0.402. The maximum atomic E-state index is 14.0. The predicted octanol–water partition coefficient (Wildman–Crippen LogP) is 4.33. The van der Waals surface area contributed by atoms with Crippen LogP contribution in [0.5, 0.6) is 0 Å². The molecule has 1 heterocycles. The van der Waals surface area contributed by atoms with Gasteiger partial charge in [0.1, 0.15) is 5.82 Å². The van der Waals surface area contributed by atoms with Crippen LogP contribution in [0.1, 0.15) is 58.1 Å². The van der Waals surface area contributed by atoms with Crippen LogP contribution in [0.2, 0.25) is 0 Å². The fraction of sp³-hybridized carbons (Fsp3) is 0.692. The van der Waals surface area contributed by atoms with Crippen LogP contribution >= 0.6 is 0 Å². The van der Waals surface area contributed by atoms with E-state index in [4.69, 9.17) is 9.84 Å². The molecule has 1 aliphatic heterocycles. The Morgan fingerprint density at radius 1 is 1.37 bits per heavy atom. The minimum Gasteiger partial charge on any atom is -0.465 e. The van der Waals surface area contributed by atoms with E-state index in [-0.39, 0.29) is 42.4 Å². The predicted molar refractivity (Wildman–Crippen MR) is 135 cm³/mol. The summed E-state index contributed by atoms with van der Waals surface area (Å²) >= 11 is 0. The summed E-state index contributed by atoms with van der Waals surface area (Å²) in [6.45, 7) is 8.81. The Morgan fingerprint density at radius 3 is 2.74 bits per heavy atom. The van der Waals surface area contributed by atoms with Gasteiger partial charge in [-0.1, -0.05) is 39.3 Å². The van der Waals surface area contributed by atoms with E-state index < -0.39 is 12.2 Å². The molecule has 1 aromatic rings. The molecule has 8 nitrogen and oxygen atoms in total. The summed E-state index contributed by atoms with van der Waals surface area (Å²) in [5.41, 5.74) is 0.826. The van der Waals surface area contributed by atoms with Gasteiger partial charge >= 0.3 is 12.1 Å². The zero-order valence-electron chi connectivity index (χ0n) is 21.8. The molecular weight excluding hydrogens is 451 g/mol. The van der Waals surface area contributed by atoms with Gasteiger partial charge in [-0.2, -0.15) is 0 Å². The Morgan fingerprint density at radius 2 is 2.11 bits per heavy atom. The molecule has 3 N–H and O–H groups in total. The van der Waals surface area contributed by atoms with Gasteiger partial charge in [-0.15, -0.1) is 0 Å². The molecule has 1 fully saturated rings. The molecule has 9 heteroatoms. The van der Waals surface area contributed by atoms with Gasteiger partial charge < -0.3 is 30.3 Å². The van der Waals surface area contributed by atoms with Gasteiger partial charge in [0.2, 0.25) is 0 Å². The number of carboxylic acid groups (broad SMARTS) is 1. The number of ether oxygens (including phenoxy) is 1. The first-order valence-corrected chi connectivity index (χ1v) is 12.6. The number of likely N-dealkylation sites (N-methyl/N-ethyl adjacent to an activating group) is 2.